The van der Waals surface area contributed by atoms with Crippen molar-refractivity contribution in [1.82, 2.24) is 0 Å². The average Bonchev–Trinajstić information content (AvgIpc) is 2.52. The number of benzene rings is 1. The van der Waals surface area contributed by atoms with E-state index in [9.17, 15) is 14.0 Å². The second-order valence-corrected chi connectivity index (χ2v) is 6.76. The molecule has 1 aliphatic rings. The summed E-state index contributed by atoms with van der Waals surface area (Å²) >= 11 is 9.17. The van der Waals surface area contributed by atoms with Gasteiger partial charge in [0.2, 0.25) is 11.8 Å². The van der Waals surface area contributed by atoms with E-state index in [4.69, 9.17) is 11.6 Å². The van der Waals surface area contributed by atoms with E-state index in [1.807, 2.05) is 13.8 Å². The van der Waals surface area contributed by atoms with Crippen molar-refractivity contribution in [2.24, 2.45) is 11.3 Å². The highest BCUT2D eigenvalue weighted by Gasteiger charge is 2.51. The zero-order valence-corrected chi connectivity index (χ0v) is 13.7. The summed E-state index contributed by atoms with van der Waals surface area (Å²) in [4.78, 5) is 25.9. The molecular weight excluding hydrogens is 349 g/mol. The van der Waals surface area contributed by atoms with Gasteiger partial charge < -0.3 is 0 Å². The van der Waals surface area contributed by atoms with Crippen molar-refractivity contribution in [3.05, 3.63) is 27.4 Å². The first kappa shape index (κ1) is 15.4. The van der Waals surface area contributed by atoms with Crippen molar-refractivity contribution in [3.8, 4) is 0 Å². The molecule has 6 heteroatoms. The molecule has 20 heavy (non-hydrogen) atoms. The van der Waals surface area contributed by atoms with Crippen molar-refractivity contribution in [1.29, 1.82) is 0 Å². The number of halogens is 3. The summed E-state index contributed by atoms with van der Waals surface area (Å²) in [6, 6.07) is 2.28. The Bertz CT molecular complexity index is 582. The van der Waals surface area contributed by atoms with Crippen LogP contribution in [-0.4, -0.2) is 11.8 Å². The van der Waals surface area contributed by atoms with E-state index in [0.29, 0.717) is 0 Å². The quantitative estimate of drug-likeness (QED) is 0.741. The summed E-state index contributed by atoms with van der Waals surface area (Å²) in [5.41, 5.74) is -0.540. The Hall–Kier alpha value is -0.940. The maximum absolute atomic E-state index is 13.3. The lowest BCUT2D eigenvalue weighted by Gasteiger charge is -2.26. The number of hydrogen-bond acceptors (Lipinski definition) is 2. The molecule has 2 rings (SSSR count). The second kappa shape index (κ2) is 5.11. The summed E-state index contributed by atoms with van der Waals surface area (Å²) in [6.45, 7) is 5.56. The fourth-order valence-electron chi connectivity index (χ4n) is 2.26. The molecule has 2 amide bonds. The summed E-state index contributed by atoms with van der Waals surface area (Å²) in [5.74, 6) is -1.13. The first-order valence-electron chi connectivity index (χ1n) is 6.20. The molecular formula is C14H14BrClFNO2. The number of anilines is 1. The molecule has 1 aromatic rings. The summed E-state index contributed by atoms with van der Waals surface area (Å²) < 4.78 is 13.6. The Balaban J connectivity index is 2.55. The van der Waals surface area contributed by atoms with Crippen LogP contribution in [0, 0.1) is 17.2 Å². The Morgan fingerprint density at radius 2 is 2.00 bits per heavy atom. The summed E-state index contributed by atoms with van der Waals surface area (Å²) in [6.07, 6.45) is 0.129. The minimum absolute atomic E-state index is 0.0157. The number of carbonyl (C=O) groups is 2. The Morgan fingerprint density at radius 3 is 2.45 bits per heavy atom. The van der Waals surface area contributed by atoms with E-state index in [1.165, 1.54) is 6.07 Å². The predicted molar refractivity (Wildman–Crippen MR) is 79.2 cm³/mol. The first-order chi connectivity index (χ1) is 9.18. The van der Waals surface area contributed by atoms with Crippen molar-refractivity contribution >= 4 is 45.0 Å². The molecule has 1 unspecified atom stereocenters. The zero-order chi connectivity index (χ0) is 15.2. The number of nitrogens with zero attached hydrogens (tertiary/aromatic N) is 1. The fourth-order valence-corrected chi connectivity index (χ4v) is 3.28. The van der Waals surface area contributed by atoms with Crippen molar-refractivity contribution in [2.75, 3.05) is 4.90 Å². The molecule has 1 atom stereocenters. The highest BCUT2D eigenvalue weighted by atomic mass is 79.9. The fraction of sp³-hybridized carbons (Fsp3) is 0.429. The van der Waals surface area contributed by atoms with Crippen LogP contribution in [0.5, 0.6) is 0 Å². The molecule has 1 aliphatic heterocycles. The molecule has 0 spiro atoms. The topological polar surface area (TPSA) is 37.4 Å². The van der Waals surface area contributed by atoms with E-state index >= 15 is 0 Å². The van der Waals surface area contributed by atoms with E-state index < -0.39 is 11.2 Å². The van der Waals surface area contributed by atoms with Gasteiger partial charge in [0, 0.05) is 10.9 Å². The van der Waals surface area contributed by atoms with Crippen LogP contribution in [-0.2, 0) is 9.59 Å². The van der Waals surface area contributed by atoms with Crippen LogP contribution in [0.25, 0.3) is 0 Å². The average molecular weight is 363 g/mol. The lowest BCUT2D eigenvalue weighted by Crippen LogP contribution is -2.37. The maximum Gasteiger partial charge on any atom is 0.240 e. The predicted octanol–water partition coefficient (Wildman–Crippen LogP) is 4.17. The highest BCUT2D eigenvalue weighted by molar-refractivity contribution is 9.10. The number of amides is 2. The van der Waals surface area contributed by atoms with Crippen molar-refractivity contribution in [3.63, 3.8) is 0 Å². The van der Waals surface area contributed by atoms with Gasteiger partial charge in [0.1, 0.15) is 5.82 Å². The second-order valence-electron chi connectivity index (χ2n) is 5.50. The lowest BCUT2D eigenvalue weighted by molar-refractivity contribution is -0.126. The number of imide groups is 1. The number of hydrogen-bond donors (Lipinski definition) is 0. The van der Waals surface area contributed by atoms with Crippen LogP contribution in [0.4, 0.5) is 10.1 Å². The van der Waals surface area contributed by atoms with E-state index in [0.717, 1.165) is 11.0 Å². The Morgan fingerprint density at radius 1 is 1.40 bits per heavy atom. The van der Waals surface area contributed by atoms with E-state index in [1.54, 1.807) is 6.92 Å². The Kier molecular flexibility index (Phi) is 3.95. The summed E-state index contributed by atoms with van der Waals surface area (Å²) in [5, 5.41) is 0.0339. The molecule has 0 N–H and O–H groups in total. The van der Waals surface area contributed by atoms with Gasteiger partial charge in [0.05, 0.1) is 16.1 Å². The minimum Gasteiger partial charge on any atom is -0.274 e. The monoisotopic (exact) mass is 361 g/mol. The third-order valence-corrected chi connectivity index (χ3v) is 4.83. The van der Waals surface area contributed by atoms with Gasteiger partial charge in [-0.15, -0.1) is 0 Å². The molecule has 1 saturated heterocycles. The largest absolute Gasteiger partial charge is 0.274 e. The maximum atomic E-state index is 13.3. The van der Waals surface area contributed by atoms with Crippen molar-refractivity contribution < 1.29 is 14.0 Å². The molecule has 0 aliphatic carbocycles. The van der Waals surface area contributed by atoms with Gasteiger partial charge in [-0.25, -0.2) is 9.29 Å². The normalized spacial score (nSPS) is 23.1. The molecule has 3 nitrogen and oxygen atoms in total. The van der Waals surface area contributed by atoms with Crippen LogP contribution in [0.1, 0.15) is 27.2 Å². The zero-order valence-electron chi connectivity index (χ0n) is 11.3. The van der Waals surface area contributed by atoms with Crippen LogP contribution in [0.3, 0.4) is 0 Å². The van der Waals surface area contributed by atoms with Gasteiger partial charge in [-0.3, -0.25) is 9.59 Å². The lowest BCUT2D eigenvalue weighted by atomic mass is 9.78. The van der Waals surface area contributed by atoms with E-state index in [-0.39, 0.29) is 39.3 Å². The summed E-state index contributed by atoms with van der Waals surface area (Å²) in [7, 11) is 0. The van der Waals surface area contributed by atoms with Gasteiger partial charge in [0.15, 0.2) is 0 Å². The van der Waals surface area contributed by atoms with E-state index in [2.05, 4.69) is 15.9 Å². The van der Waals surface area contributed by atoms with Gasteiger partial charge in [-0.05, 0) is 40.9 Å². The van der Waals surface area contributed by atoms with Crippen molar-refractivity contribution in [2.45, 2.75) is 27.2 Å². The molecule has 1 fully saturated rings. The SMILES string of the molecule is CC(C)C1(C)CC(=O)N(c2c(Cl)cc(F)cc2Br)C1=O. The van der Waals surface area contributed by atoms with Gasteiger partial charge >= 0.3 is 0 Å². The molecule has 0 saturated carbocycles. The standard InChI is InChI=1S/C14H14BrClFNO2/c1-7(2)14(3)6-11(19)18(13(14)20)12-9(15)4-8(17)5-10(12)16/h4-5,7H,6H2,1-3H3. The third-order valence-electron chi connectivity index (χ3n) is 3.94. The highest BCUT2D eigenvalue weighted by Crippen LogP contribution is 2.45. The van der Waals surface area contributed by atoms with Gasteiger partial charge in [-0.1, -0.05) is 25.4 Å². The molecule has 0 radical (unpaired) electrons. The minimum atomic E-state index is -0.756. The molecule has 1 heterocycles. The number of carbonyl (C=O) groups excluding carboxylic acids is 2. The molecule has 0 bridgehead atoms. The first-order valence-corrected chi connectivity index (χ1v) is 7.37. The van der Waals surface area contributed by atoms with Gasteiger partial charge in [-0.2, -0.15) is 0 Å². The molecule has 0 aromatic heterocycles. The molecule has 1 aromatic carbocycles. The Labute approximate surface area is 130 Å². The third kappa shape index (κ3) is 2.27. The van der Waals surface area contributed by atoms with Crippen LogP contribution in [0.2, 0.25) is 5.02 Å². The van der Waals surface area contributed by atoms with Gasteiger partial charge in [0.25, 0.3) is 0 Å². The van der Waals surface area contributed by atoms with Crippen LogP contribution >= 0.6 is 27.5 Å². The number of rotatable bonds is 2. The smallest absolute Gasteiger partial charge is 0.240 e. The van der Waals surface area contributed by atoms with Crippen LogP contribution in [0.15, 0.2) is 16.6 Å². The molecule has 108 valence electrons. The van der Waals surface area contributed by atoms with Crippen LogP contribution < -0.4 is 4.90 Å².